The Morgan fingerprint density at radius 1 is 0.580 bits per heavy atom. The molecule has 2 fully saturated rings. The van der Waals surface area contributed by atoms with Gasteiger partial charge in [0, 0.05) is 125 Å². The zero-order valence-electron chi connectivity index (χ0n) is 81.4. The highest BCUT2D eigenvalue weighted by Gasteiger charge is 2.47. The molecule has 1 aromatic heterocycles. The van der Waals surface area contributed by atoms with Crippen molar-refractivity contribution in [2.75, 3.05) is 119 Å². The van der Waals surface area contributed by atoms with Crippen molar-refractivity contribution in [3.63, 3.8) is 0 Å². The third-order valence-corrected chi connectivity index (χ3v) is 24.9. The molecule has 6 rings (SSSR count). The second kappa shape index (κ2) is 50.9. The van der Waals surface area contributed by atoms with E-state index in [1.54, 1.807) is 76.8 Å². The van der Waals surface area contributed by atoms with Gasteiger partial charge >= 0.3 is 0 Å². The van der Waals surface area contributed by atoms with Crippen LogP contribution in [0.2, 0.25) is 5.02 Å². The van der Waals surface area contributed by atoms with E-state index in [0.29, 0.717) is 85.7 Å². The predicted octanol–water partition coefficient (Wildman–Crippen LogP) is 7.41. The van der Waals surface area contributed by atoms with Gasteiger partial charge in [-0.3, -0.25) is 67.1 Å². The number of hydrogen-bond acceptors (Lipinski definition) is 20. The van der Waals surface area contributed by atoms with Crippen LogP contribution < -0.4 is 46.9 Å². The molecule has 14 amide bonds. The van der Waals surface area contributed by atoms with Crippen molar-refractivity contribution in [1.29, 1.82) is 0 Å². The Kier molecular flexibility index (Phi) is 42.4. The number of nitrogens with one attached hydrogen (secondary N) is 7. The summed E-state index contributed by atoms with van der Waals surface area (Å²) in [5.41, 5.74) is 1.66. The fourth-order valence-corrected chi connectivity index (χ4v) is 17.2. The van der Waals surface area contributed by atoms with E-state index in [0.717, 1.165) is 22.6 Å². The maximum absolute atomic E-state index is 15.8. The third kappa shape index (κ3) is 29.7. The molecular weight excluding hydrogens is 1700 g/mol. The molecule has 34 nitrogen and oxygen atoms in total. The number of ether oxygens (including phenoxy) is 1. The van der Waals surface area contributed by atoms with Gasteiger partial charge < -0.3 is 91.2 Å². The number of fused-ring (bicyclic) bond motifs is 5. The topological polar surface area (TPSA) is 408 Å². The number of aliphatic hydroxyl groups excluding tert-OH is 1. The summed E-state index contributed by atoms with van der Waals surface area (Å²) < 4.78 is 21.7. The lowest BCUT2D eigenvalue weighted by Gasteiger charge is -2.41. The van der Waals surface area contributed by atoms with E-state index in [9.17, 15) is 53.1 Å². The molecule has 4 heterocycles. The number of rotatable bonds is 30. The second-order valence-electron chi connectivity index (χ2n) is 37.7. The predicted molar refractivity (Wildman–Crippen MR) is 504 cm³/mol. The largest absolute Gasteiger partial charge is 0.489 e. The number of hydrogen-bond donors (Lipinski definition) is 8. The van der Waals surface area contributed by atoms with Crippen LogP contribution in [-0.2, 0) is 67.1 Å². The monoisotopic (exact) mass is 1850 g/mol. The quantitative estimate of drug-likeness (QED) is 0.0238. The molecule has 0 radical (unpaired) electrons. The van der Waals surface area contributed by atoms with E-state index in [1.165, 1.54) is 99.8 Å². The highest BCUT2D eigenvalue weighted by molar-refractivity contribution is 6.35. The number of nitrogens with zero attached hydrogens (tertiary/aromatic N) is 11. The molecule has 2 saturated heterocycles. The number of aliphatic hydroxyl groups is 1. The summed E-state index contributed by atoms with van der Waals surface area (Å²) in [6.45, 7) is 33.6. The van der Waals surface area contributed by atoms with Crippen molar-refractivity contribution >= 4 is 123 Å². The van der Waals surface area contributed by atoms with Crippen LogP contribution in [0, 0.1) is 47.2 Å². The van der Waals surface area contributed by atoms with Crippen LogP contribution in [0.5, 0.6) is 5.75 Å². The van der Waals surface area contributed by atoms with Crippen molar-refractivity contribution in [2.24, 2.45) is 41.4 Å². The lowest BCUT2D eigenvalue weighted by Crippen LogP contribution is -2.63. The van der Waals surface area contributed by atoms with Crippen LogP contribution in [0.25, 0.3) is 28.1 Å². The van der Waals surface area contributed by atoms with Crippen LogP contribution >= 0.6 is 11.6 Å². The zero-order valence-corrected chi connectivity index (χ0v) is 82.2. The molecule has 0 bridgehead atoms. The summed E-state index contributed by atoms with van der Waals surface area (Å²) in [6, 6.07) is -6.76. The van der Waals surface area contributed by atoms with Gasteiger partial charge in [-0.2, -0.15) is 4.98 Å². The van der Waals surface area contributed by atoms with Crippen molar-refractivity contribution in [3.05, 3.63) is 59.4 Å². The van der Waals surface area contributed by atoms with Crippen molar-refractivity contribution in [3.8, 4) is 16.9 Å². The van der Waals surface area contributed by atoms with Crippen molar-refractivity contribution in [1.82, 2.24) is 81.1 Å². The highest BCUT2D eigenvalue weighted by Crippen LogP contribution is 2.45. The molecule has 0 spiro atoms. The number of unbranched alkanes of at least 4 members (excludes halogenated alkanes) is 3. The smallest absolute Gasteiger partial charge is 0.246 e. The lowest BCUT2D eigenvalue weighted by atomic mass is 9.90. The minimum absolute atomic E-state index is 0.0263. The molecule has 12 atom stereocenters. The molecule has 0 unspecified atom stereocenters. The summed E-state index contributed by atoms with van der Waals surface area (Å²) >= 11 is 7.05. The van der Waals surface area contributed by atoms with Gasteiger partial charge in [-0.05, 0) is 143 Å². The van der Waals surface area contributed by atoms with E-state index in [-0.39, 0.29) is 129 Å². The van der Waals surface area contributed by atoms with Crippen LogP contribution in [0.4, 0.5) is 16.2 Å². The van der Waals surface area contributed by atoms with Gasteiger partial charge in [-0.15, -0.1) is 0 Å². The number of amides is 14. The molecular formula is C95H148ClFN18O16. The molecule has 3 aliphatic rings. The number of anilines is 2. The third-order valence-electron chi connectivity index (χ3n) is 24.6. The summed E-state index contributed by atoms with van der Waals surface area (Å²) in [5, 5.41) is 33.7. The summed E-state index contributed by atoms with van der Waals surface area (Å²) in [4.78, 5) is 225. The first-order valence-corrected chi connectivity index (χ1v) is 46.8. The van der Waals surface area contributed by atoms with Crippen LogP contribution in [0.1, 0.15) is 200 Å². The first-order chi connectivity index (χ1) is 61.6. The van der Waals surface area contributed by atoms with Crippen LogP contribution in [0.3, 0.4) is 0 Å². The average Bonchev–Trinajstić information content (AvgIpc) is 0.738. The number of benzene rings is 2. The Morgan fingerprint density at radius 3 is 1.66 bits per heavy atom. The molecule has 2 aromatic carbocycles. The van der Waals surface area contributed by atoms with Gasteiger partial charge in [-0.1, -0.05) is 140 Å². The zero-order chi connectivity index (χ0) is 98.0. The first-order valence-electron chi connectivity index (χ1n) is 46.4. The van der Waals surface area contributed by atoms with E-state index in [4.69, 9.17) is 26.3 Å². The molecule has 728 valence electrons. The Labute approximate surface area is 778 Å². The van der Waals surface area contributed by atoms with Gasteiger partial charge in [0.2, 0.25) is 88.6 Å². The number of carbonyl (C=O) groups excluding carboxylic acids is 14. The highest BCUT2D eigenvalue weighted by atomic mass is 35.5. The number of halogens is 2. The minimum Gasteiger partial charge on any atom is -0.489 e. The normalized spacial score (nSPS) is 22.7. The Balaban J connectivity index is 1.18. The molecule has 0 saturated carbocycles. The Bertz CT molecular complexity index is 4540. The maximum Gasteiger partial charge on any atom is 0.246 e. The first kappa shape index (κ1) is 109. The van der Waals surface area contributed by atoms with Crippen molar-refractivity contribution in [2.45, 2.75) is 261 Å². The molecule has 8 N–H and O–H groups in total. The Morgan fingerprint density at radius 2 is 1.11 bits per heavy atom. The van der Waals surface area contributed by atoms with Gasteiger partial charge in [0.05, 0.1) is 28.8 Å². The summed E-state index contributed by atoms with van der Waals surface area (Å²) in [6.07, 6.45) is 6.84. The second-order valence-corrected chi connectivity index (χ2v) is 38.1. The maximum atomic E-state index is 15.8. The van der Waals surface area contributed by atoms with Crippen LogP contribution in [0.15, 0.2) is 43.0 Å². The van der Waals surface area contributed by atoms with E-state index in [1.807, 2.05) is 60.3 Å². The van der Waals surface area contributed by atoms with Gasteiger partial charge in [0.15, 0.2) is 0 Å². The number of piperazine rings is 1. The fourth-order valence-electron chi connectivity index (χ4n) is 16.9. The summed E-state index contributed by atoms with van der Waals surface area (Å²) in [7, 11) is 9.74. The average molecular weight is 1850 g/mol. The Hall–Kier alpha value is -10.6. The van der Waals surface area contributed by atoms with Crippen molar-refractivity contribution < 1.29 is 81.4 Å². The van der Waals surface area contributed by atoms with E-state index < -0.39 is 162 Å². The number of carbonyl (C=O) groups is 14. The molecule has 3 aliphatic heterocycles. The molecule has 36 heteroatoms. The molecule has 131 heavy (non-hydrogen) atoms. The van der Waals surface area contributed by atoms with Gasteiger partial charge in [0.25, 0.3) is 0 Å². The number of aromatic nitrogens is 2. The van der Waals surface area contributed by atoms with Gasteiger partial charge in [0.1, 0.15) is 84.4 Å². The molecule has 3 aromatic rings. The molecule has 0 aliphatic carbocycles. The number of likely N-dealkylation sites (N-methyl/N-ethyl adjacent to an activating group) is 7. The minimum atomic E-state index is -1.76. The standard InChI is InChI=1S/C95H148ClFN18O16/c1-25-67-90(126)107(18)53-76(119)108(19)68(48-54(3)4)87(123)104-79(58(11)12)93(129)109(20)69(49-55(5)6)86(122)101-61(16)85(121)102-62(17)89(125)110(21)70(50-56(7)8)91(127)111(22)71(51-57(9)10)92(128)112(23)81(59(13)14)94(130)113(24)82(88(124)103-67)83(120)60(15)34-31-38-73(116)98-40-29-27-28-30-41-99-74(117)39-42-100-95-105-80-63-35-33-47-131-72-37-32-36-66(97)78(72)77(63)65(96)52-64(80)84(106-95)115-45-43-114(44-46-115)75(118)26-2/h26,32-33,35-37,52,54-62,67-71,79,81-83,120H,2,25,27-31,34,38-51,53H2,1,3-24H3,(H,98,116)(H,99,117)(H,101,122)(H,102,121)(H,103,124)(H,104,123)(H,100,105,106)/b35-33+/t60-,61+,62-,67+,68+,69+,70+,71+,79+,81+,82+,83-/m1/s1. The van der Waals surface area contributed by atoms with E-state index >= 15 is 23.6 Å². The SMILES string of the molecule is C=CC(=O)N1CCN(c2nc(NCCC(=O)NCCCCCCNC(=O)CCC[C@@H](C)[C@@H](O)[C@H]3C(=O)N[C@@H](CC)C(=O)N(C)CC(=O)N(C)[C@@H](CC(C)C)C(=O)N[C@@H](C(C)C)C(=O)N(C)[C@@H](CC(C)C)C(=O)N[C@@H](C)C(=O)N[C@H](C)C(=O)N(C)[C@@H](CC(C)C)C(=O)N(C)[C@@H](CC(C)C)C(=O)N(C)[C@@H](C(C)C)C(=O)N3C)nc3c4c(c(Cl)cc23)-c2c(F)cccc2OC/C=C/4)CC1. The lowest BCUT2D eigenvalue weighted by molar-refractivity contribution is -0.157. The fraction of sp³-hybridized carbons (Fsp3) is 0.663. The summed E-state index contributed by atoms with van der Waals surface area (Å²) in [5.74, 6) is -10.9. The van der Waals surface area contributed by atoms with Gasteiger partial charge in [-0.25, -0.2) is 9.37 Å². The van der Waals surface area contributed by atoms with Crippen LogP contribution in [-0.4, -0.2) is 312 Å². The van der Waals surface area contributed by atoms with E-state index in [2.05, 4.69) is 43.8 Å².